The molecule has 0 saturated heterocycles. The molecule has 0 aromatic carbocycles. The van der Waals surface area contributed by atoms with Gasteiger partial charge in [-0.25, -0.2) is 0 Å². The normalized spacial score (nSPS) is 14.2. The molecule has 0 saturated carbocycles. The fourth-order valence-corrected chi connectivity index (χ4v) is 1.79. The molecule has 1 rings (SSSR count). The van der Waals surface area contributed by atoms with Gasteiger partial charge in [-0.15, -0.1) is 0 Å². The predicted molar refractivity (Wildman–Crippen MR) is 50.3 cm³/mol. The van der Waals surface area contributed by atoms with Gasteiger partial charge in [0.1, 0.15) is 5.76 Å². The molecular weight excluding hydrogens is 206 g/mol. The molecule has 6 heteroatoms. The molecule has 0 spiro atoms. The van der Waals surface area contributed by atoms with Crippen molar-refractivity contribution in [1.29, 1.82) is 0 Å². The van der Waals surface area contributed by atoms with Crippen LogP contribution in [0.1, 0.15) is 18.4 Å². The van der Waals surface area contributed by atoms with Gasteiger partial charge >= 0.3 is 0 Å². The predicted octanol–water partition coefficient (Wildman–Crippen LogP) is 0.890. The highest BCUT2D eigenvalue weighted by Gasteiger charge is 2.13. The summed E-state index contributed by atoms with van der Waals surface area (Å²) in [4.78, 5) is 0. The quantitative estimate of drug-likeness (QED) is 0.703. The molecule has 1 heterocycles. The van der Waals surface area contributed by atoms with Gasteiger partial charge in [0.15, 0.2) is 0 Å². The second-order valence-electron chi connectivity index (χ2n) is 3.25. The van der Waals surface area contributed by atoms with E-state index in [1.54, 1.807) is 19.9 Å². The summed E-state index contributed by atoms with van der Waals surface area (Å²) in [5, 5.41) is 3.69. The fraction of sp³-hybridized carbons (Fsp3) is 0.625. The molecule has 0 bridgehead atoms. The Morgan fingerprint density at radius 1 is 1.64 bits per heavy atom. The van der Waals surface area contributed by atoms with Crippen LogP contribution in [0.25, 0.3) is 0 Å². The van der Waals surface area contributed by atoms with Gasteiger partial charge in [-0.3, -0.25) is 4.18 Å². The van der Waals surface area contributed by atoms with E-state index in [1.807, 2.05) is 0 Å². The van der Waals surface area contributed by atoms with Gasteiger partial charge in [0.25, 0.3) is 10.1 Å². The molecule has 5 nitrogen and oxygen atoms in total. The lowest BCUT2D eigenvalue weighted by Gasteiger charge is -2.07. The van der Waals surface area contributed by atoms with E-state index in [0.29, 0.717) is 12.2 Å². The Labute approximate surface area is 83.2 Å². The van der Waals surface area contributed by atoms with Crippen LogP contribution in [-0.4, -0.2) is 25.9 Å². The molecule has 1 atom stereocenters. The van der Waals surface area contributed by atoms with Gasteiger partial charge in [-0.05, 0) is 13.8 Å². The number of nitrogens with zero attached hydrogens (tertiary/aromatic N) is 1. The average Bonchev–Trinajstić information content (AvgIpc) is 2.30. The van der Waals surface area contributed by atoms with E-state index in [9.17, 15) is 8.42 Å². The minimum absolute atomic E-state index is 0.397. The molecule has 1 aromatic rings. The van der Waals surface area contributed by atoms with Crippen molar-refractivity contribution < 1.29 is 17.1 Å². The highest BCUT2D eigenvalue weighted by atomic mass is 32.2. The van der Waals surface area contributed by atoms with Crippen molar-refractivity contribution in [2.75, 3.05) is 6.26 Å². The van der Waals surface area contributed by atoms with Gasteiger partial charge in [0.05, 0.1) is 18.1 Å². The first kappa shape index (κ1) is 11.2. The van der Waals surface area contributed by atoms with Crippen molar-refractivity contribution in [3.8, 4) is 0 Å². The summed E-state index contributed by atoms with van der Waals surface area (Å²) >= 11 is 0. The maximum atomic E-state index is 10.8. The third-order valence-corrected chi connectivity index (χ3v) is 2.18. The Morgan fingerprint density at radius 3 is 2.71 bits per heavy atom. The molecule has 14 heavy (non-hydrogen) atoms. The van der Waals surface area contributed by atoms with Crippen LogP contribution < -0.4 is 0 Å². The maximum Gasteiger partial charge on any atom is 0.264 e. The Balaban J connectivity index is 2.53. The number of aromatic nitrogens is 1. The first-order valence-electron chi connectivity index (χ1n) is 4.17. The van der Waals surface area contributed by atoms with Crippen molar-refractivity contribution in [1.82, 2.24) is 5.16 Å². The van der Waals surface area contributed by atoms with E-state index in [2.05, 4.69) is 5.16 Å². The number of hydrogen-bond acceptors (Lipinski definition) is 5. The Hall–Kier alpha value is -0.880. The molecule has 0 amide bonds. The fourth-order valence-electron chi connectivity index (χ4n) is 1.13. The van der Waals surface area contributed by atoms with Crippen molar-refractivity contribution in [3.05, 3.63) is 17.5 Å². The lowest BCUT2D eigenvalue weighted by atomic mass is 10.2. The lowest BCUT2D eigenvalue weighted by Crippen LogP contribution is -2.16. The second-order valence-corrected chi connectivity index (χ2v) is 4.85. The van der Waals surface area contributed by atoms with Crippen LogP contribution in [0.3, 0.4) is 0 Å². The van der Waals surface area contributed by atoms with Gasteiger partial charge < -0.3 is 4.52 Å². The summed E-state index contributed by atoms with van der Waals surface area (Å²) < 4.78 is 31.2. The first-order valence-corrected chi connectivity index (χ1v) is 5.99. The molecule has 0 fully saturated rings. The lowest BCUT2D eigenvalue weighted by molar-refractivity contribution is 0.217. The van der Waals surface area contributed by atoms with Gasteiger partial charge in [-0.1, -0.05) is 5.16 Å². The van der Waals surface area contributed by atoms with Crippen molar-refractivity contribution in [2.24, 2.45) is 0 Å². The SMILES string of the molecule is Cc1cc(CC(C)OS(C)(=O)=O)on1. The summed E-state index contributed by atoms with van der Waals surface area (Å²) in [7, 11) is -3.40. The molecule has 0 aliphatic rings. The minimum atomic E-state index is -3.40. The number of rotatable bonds is 4. The van der Waals surface area contributed by atoms with Crippen LogP contribution >= 0.6 is 0 Å². The van der Waals surface area contributed by atoms with E-state index in [1.165, 1.54) is 0 Å². The highest BCUT2D eigenvalue weighted by Crippen LogP contribution is 2.08. The summed E-state index contributed by atoms with van der Waals surface area (Å²) in [6.07, 6.45) is 0.987. The van der Waals surface area contributed by atoms with Crippen LogP contribution in [-0.2, 0) is 20.7 Å². The van der Waals surface area contributed by atoms with E-state index >= 15 is 0 Å². The standard InChI is InChI=1S/C8H13NO4S/c1-6-4-8(12-9-6)5-7(2)13-14(3,10)11/h4,7H,5H2,1-3H3. The van der Waals surface area contributed by atoms with Crippen LogP contribution in [0.15, 0.2) is 10.6 Å². The zero-order valence-corrected chi connectivity index (χ0v) is 9.17. The third kappa shape index (κ3) is 3.89. The summed E-state index contributed by atoms with van der Waals surface area (Å²) in [5.74, 6) is 0.624. The van der Waals surface area contributed by atoms with Crippen molar-refractivity contribution in [3.63, 3.8) is 0 Å². The minimum Gasteiger partial charge on any atom is -0.361 e. The average molecular weight is 219 g/mol. The van der Waals surface area contributed by atoms with Crippen LogP contribution in [0.2, 0.25) is 0 Å². The topological polar surface area (TPSA) is 69.4 Å². The van der Waals surface area contributed by atoms with E-state index < -0.39 is 16.2 Å². The van der Waals surface area contributed by atoms with E-state index in [-0.39, 0.29) is 0 Å². The third-order valence-electron chi connectivity index (χ3n) is 1.50. The molecule has 0 aliphatic carbocycles. The zero-order chi connectivity index (χ0) is 10.8. The highest BCUT2D eigenvalue weighted by molar-refractivity contribution is 7.86. The molecule has 0 aliphatic heterocycles. The van der Waals surface area contributed by atoms with Crippen LogP contribution in [0.5, 0.6) is 0 Å². The number of aryl methyl sites for hydroxylation is 1. The van der Waals surface area contributed by atoms with Crippen molar-refractivity contribution in [2.45, 2.75) is 26.4 Å². The molecule has 80 valence electrons. The second kappa shape index (κ2) is 4.10. The Kier molecular flexibility index (Phi) is 3.28. The van der Waals surface area contributed by atoms with Crippen molar-refractivity contribution >= 4 is 10.1 Å². The van der Waals surface area contributed by atoms with E-state index in [0.717, 1.165) is 11.9 Å². The van der Waals surface area contributed by atoms with Gasteiger partial charge in [0, 0.05) is 12.5 Å². The summed E-state index contributed by atoms with van der Waals surface area (Å²) in [6, 6.07) is 1.75. The molecular formula is C8H13NO4S. The van der Waals surface area contributed by atoms with Crippen LogP contribution in [0.4, 0.5) is 0 Å². The largest absolute Gasteiger partial charge is 0.361 e. The Morgan fingerprint density at radius 2 is 2.29 bits per heavy atom. The Bertz CT molecular complexity index is 395. The van der Waals surface area contributed by atoms with Gasteiger partial charge in [-0.2, -0.15) is 8.42 Å². The summed E-state index contributed by atoms with van der Waals surface area (Å²) in [5.41, 5.74) is 0.770. The molecule has 1 aromatic heterocycles. The van der Waals surface area contributed by atoms with Crippen LogP contribution in [0, 0.1) is 6.92 Å². The first-order chi connectivity index (χ1) is 6.37. The molecule has 0 N–H and O–H groups in total. The van der Waals surface area contributed by atoms with Gasteiger partial charge in [0.2, 0.25) is 0 Å². The number of hydrogen-bond donors (Lipinski definition) is 0. The van der Waals surface area contributed by atoms with E-state index in [4.69, 9.17) is 8.71 Å². The molecule has 1 unspecified atom stereocenters. The maximum absolute atomic E-state index is 10.8. The smallest absolute Gasteiger partial charge is 0.264 e. The zero-order valence-electron chi connectivity index (χ0n) is 8.35. The molecule has 0 radical (unpaired) electrons. The summed E-state index contributed by atoms with van der Waals surface area (Å²) in [6.45, 7) is 3.47. The monoisotopic (exact) mass is 219 g/mol.